The van der Waals surface area contributed by atoms with Crippen molar-refractivity contribution in [2.75, 3.05) is 13.7 Å². The highest BCUT2D eigenvalue weighted by Gasteiger charge is 2.11. The van der Waals surface area contributed by atoms with Crippen molar-refractivity contribution in [1.82, 2.24) is 4.98 Å². The number of pyridine rings is 1. The van der Waals surface area contributed by atoms with E-state index in [9.17, 15) is 5.11 Å². The van der Waals surface area contributed by atoms with Gasteiger partial charge in [0.2, 0.25) is 0 Å². The number of ether oxygens (including phenoxy) is 2. The molecule has 2 aromatic rings. The number of aromatic nitrogens is 1. The lowest BCUT2D eigenvalue weighted by molar-refractivity contribution is 0.107. The quantitative estimate of drug-likeness (QED) is 0.849. The van der Waals surface area contributed by atoms with Crippen LogP contribution in [0, 0.1) is 6.92 Å². The Morgan fingerprint density at radius 2 is 2.10 bits per heavy atom. The van der Waals surface area contributed by atoms with Crippen molar-refractivity contribution in [3.63, 3.8) is 0 Å². The minimum absolute atomic E-state index is 0.130. The first kappa shape index (κ1) is 15.3. The van der Waals surface area contributed by atoms with Crippen LogP contribution in [-0.2, 0) is 6.54 Å². The molecule has 0 aliphatic heterocycles. The van der Waals surface area contributed by atoms with E-state index >= 15 is 0 Å². The zero-order valence-corrected chi connectivity index (χ0v) is 12.2. The normalized spacial score (nSPS) is 12.0. The fourth-order valence-corrected chi connectivity index (χ4v) is 1.99. The molecule has 3 N–H and O–H groups in total. The molecule has 0 saturated carbocycles. The monoisotopic (exact) mass is 288 g/mol. The highest BCUT2D eigenvalue weighted by atomic mass is 16.5. The van der Waals surface area contributed by atoms with Crippen LogP contribution in [0.4, 0.5) is 0 Å². The molecule has 0 spiro atoms. The predicted octanol–water partition coefficient (Wildman–Crippen LogP) is 1.97. The molecule has 0 fully saturated rings. The second-order valence-corrected chi connectivity index (χ2v) is 4.71. The Morgan fingerprint density at radius 1 is 1.29 bits per heavy atom. The lowest BCUT2D eigenvalue weighted by Gasteiger charge is -2.15. The lowest BCUT2D eigenvalue weighted by Crippen LogP contribution is -2.12. The summed E-state index contributed by atoms with van der Waals surface area (Å²) in [5.74, 6) is 1.30. The topological polar surface area (TPSA) is 77.6 Å². The molecule has 5 nitrogen and oxygen atoms in total. The number of nitrogens with zero attached hydrogens (tertiary/aromatic N) is 1. The maximum Gasteiger partial charge on any atom is 0.142 e. The standard InChI is InChI=1S/C16H20N2O3/c1-11-6-7-16(14(9-17)18-11)21-10-15(19)12-4-3-5-13(8-12)20-2/h3-8,15,19H,9-10,17H2,1-2H3. The van der Waals surface area contributed by atoms with Gasteiger partial charge in [-0.1, -0.05) is 12.1 Å². The van der Waals surface area contributed by atoms with E-state index in [0.29, 0.717) is 23.7 Å². The van der Waals surface area contributed by atoms with Crippen molar-refractivity contribution < 1.29 is 14.6 Å². The summed E-state index contributed by atoms with van der Waals surface area (Å²) >= 11 is 0. The van der Waals surface area contributed by atoms with Crippen LogP contribution in [0.2, 0.25) is 0 Å². The summed E-state index contributed by atoms with van der Waals surface area (Å²) in [6, 6.07) is 10.9. The smallest absolute Gasteiger partial charge is 0.142 e. The first-order valence-electron chi connectivity index (χ1n) is 6.75. The molecule has 0 radical (unpaired) electrons. The molecule has 2 rings (SSSR count). The fraction of sp³-hybridized carbons (Fsp3) is 0.312. The number of benzene rings is 1. The maximum atomic E-state index is 10.2. The summed E-state index contributed by atoms with van der Waals surface area (Å²) in [5, 5.41) is 10.2. The van der Waals surface area contributed by atoms with Gasteiger partial charge in [-0.05, 0) is 36.8 Å². The zero-order chi connectivity index (χ0) is 15.2. The second-order valence-electron chi connectivity index (χ2n) is 4.71. The molecule has 5 heteroatoms. The lowest BCUT2D eigenvalue weighted by atomic mass is 10.1. The Bertz CT molecular complexity index is 602. The molecule has 0 aliphatic carbocycles. The molecule has 1 aromatic heterocycles. The molecule has 0 amide bonds. The first-order chi connectivity index (χ1) is 10.1. The van der Waals surface area contributed by atoms with E-state index in [4.69, 9.17) is 15.2 Å². The average molecular weight is 288 g/mol. The van der Waals surface area contributed by atoms with Crippen molar-refractivity contribution in [1.29, 1.82) is 0 Å². The molecule has 1 heterocycles. The van der Waals surface area contributed by atoms with Gasteiger partial charge in [0.05, 0.1) is 12.8 Å². The fourth-order valence-electron chi connectivity index (χ4n) is 1.99. The predicted molar refractivity (Wildman–Crippen MR) is 80.3 cm³/mol. The number of aliphatic hydroxyl groups excluding tert-OH is 1. The van der Waals surface area contributed by atoms with E-state index in [-0.39, 0.29) is 6.61 Å². The van der Waals surface area contributed by atoms with Gasteiger partial charge in [-0.15, -0.1) is 0 Å². The van der Waals surface area contributed by atoms with Crippen LogP contribution >= 0.6 is 0 Å². The Labute approximate surface area is 124 Å². The van der Waals surface area contributed by atoms with E-state index < -0.39 is 6.10 Å². The van der Waals surface area contributed by atoms with Gasteiger partial charge in [0.1, 0.15) is 24.2 Å². The van der Waals surface area contributed by atoms with Gasteiger partial charge in [0.15, 0.2) is 0 Å². The Kier molecular flexibility index (Phi) is 5.14. The van der Waals surface area contributed by atoms with Crippen LogP contribution in [0.1, 0.15) is 23.1 Å². The van der Waals surface area contributed by atoms with E-state index in [0.717, 1.165) is 11.3 Å². The molecule has 0 saturated heterocycles. The number of rotatable bonds is 6. The zero-order valence-electron chi connectivity index (χ0n) is 12.2. The van der Waals surface area contributed by atoms with Gasteiger partial charge in [-0.3, -0.25) is 4.98 Å². The summed E-state index contributed by atoms with van der Waals surface area (Å²) < 4.78 is 10.8. The Balaban J connectivity index is 2.05. The van der Waals surface area contributed by atoms with Gasteiger partial charge in [0.25, 0.3) is 0 Å². The summed E-state index contributed by atoms with van der Waals surface area (Å²) in [6.07, 6.45) is -0.743. The van der Waals surface area contributed by atoms with Crippen LogP contribution < -0.4 is 15.2 Å². The Morgan fingerprint density at radius 3 is 2.81 bits per heavy atom. The SMILES string of the molecule is COc1cccc(C(O)COc2ccc(C)nc2CN)c1. The molecule has 1 atom stereocenters. The van der Waals surface area contributed by atoms with Crippen LogP contribution in [0.25, 0.3) is 0 Å². The molecule has 0 bridgehead atoms. The van der Waals surface area contributed by atoms with Crippen molar-refractivity contribution >= 4 is 0 Å². The molecule has 0 aliphatic rings. The van der Waals surface area contributed by atoms with E-state index in [2.05, 4.69) is 4.98 Å². The number of methoxy groups -OCH3 is 1. The minimum Gasteiger partial charge on any atom is -0.497 e. The van der Waals surface area contributed by atoms with E-state index in [1.165, 1.54) is 0 Å². The van der Waals surface area contributed by atoms with Crippen molar-refractivity contribution in [3.8, 4) is 11.5 Å². The molecule has 1 aromatic carbocycles. The van der Waals surface area contributed by atoms with Crippen LogP contribution in [0.15, 0.2) is 36.4 Å². The van der Waals surface area contributed by atoms with Gasteiger partial charge in [0, 0.05) is 12.2 Å². The first-order valence-corrected chi connectivity index (χ1v) is 6.75. The second kappa shape index (κ2) is 7.06. The molecule has 112 valence electrons. The van der Waals surface area contributed by atoms with Crippen LogP contribution in [-0.4, -0.2) is 23.8 Å². The molecule has 1 unspecified atom stereocenters. The summed E-state index contributed by atoms with van der Waals surface area (Å²) in [4.78, 5) is 4.32. The number of hydrogen-bond donors (Lipinski definition) is 2. The Hall–Kier alpha value is -2.11. The number of aryl methyl sites for hydroxylation is 1. The highest BCUT2D eigenvalue weighted by Crippen LogP contribution is 2.22. The van der Waals surface area contributed by atoms with Crippen LogP contribution in [0.5, 0.6) is 11.5 Å². The third kappa shape index (κ3) is 3.93. The van der Waals surface area contributed by atoms with Crippen molar-refractivity contribution in [3.05, 3.63) is 53.3 Å². The molecule has 21 heavy (non-hydrogen) atoms. The summed E-state index contributed by atoms with van der Waals surface area (Å²) in [5.41, 5.74) is 7.97. The van der Waals surface area contributed by atoms with Gasteiger partial charge >= 0.3 is 0 Å². The maximum absolute atomic E-state index is 10.2. The number of nitrogens with two attached hydrogens (primary N) is 1. The largest absolute Gasteiger partial charge is 0.497 e. The van der Waals surface area contributed by atoms with Crippen molar-refractivity contribution in [2.24, 2.45) is 5.73 Å². The summed E-state index contributed by atoms with van der Waals surface area (Å²) in [6.45, 7) is 2.32. The van der Waals surface area contributed by atoms with Gasteiger partial charge in [-0.2, -0.15) is 0 Å². The number of hydrogen-bond acceptors (Lipinski definition) is 5. The molecular weight excluding hydrogens is 268 g/mol. The summed E-state index contributed by atoms with van der Waals surface area (Å²) in [7, 11) is 1.59. The van der Waals surface area contributed by atoms with Crippen molar-refractivity contribution in [2.45, 2.75) is 19.6 Å². The highest BCUT2D eigenvalue weighted by molar-refractivity contribution is 5.31. The van der Waals surface area contributed by atoms with Gasteiger partial charge < -0.3 is 20.3 Å². The van der Waals surface area contributed by atoms with Crippen LogP contribution in [0.3, 0.4) is 0 Å². The van der Waals surface area contributed by atoms with E-state index in [1.807, 2.05) is 37.3 Å². The third-order valence-corrected chi connectivity index (χ3v) is 3.14. The van der Waals surface area contributed by atoms with Gasteiger partial charge in [-0.25, -0.2) is 0 Å². The third-order valence-electron chi connectivity index (χ3n) is 3.14. The number of aliphatic hydroxyl groups is 1. The molecular formula is C16H20N2O3. The van der Waals surface area contributed by atoms with E-state index in [1.54, 1.807) is 13.2 Å². The minimum atomic E-state index is -0.743. The average Bonchev–Trinajstić information content (AvgIpc) is 2.53.